The molecule has 4 rings (SSSR count). The summed E-state index contributed by atoms with van der Waals surface area (Å²) < 4.78 is 19.5. The van der Waals surface area contributed by atoms with E-state index in [-0.39, 0.29) is 11.9 Å². The fraction of sp³-hybridized carbons (Fsp3) is 0.450. The fourth-order valence-electron chi connectivity index (χ4n) is 4.21. The standard InChI is InChI=1S/C20H23FN2O2/c21-20-19(2-1-8-22-20)25-18-10-15-12-23(13-16(15)11-18)9-7-14-3-5-17(24)6-4-14/h1-6,8,15-16,18,24H,7,9-13H2/t15-,16+,18+. The van der Waals surface area contributed by atoms with Crippen LogP contribution in [0.4, 0.5) is 4.39 Å². The van der Waals surface area contributed by atoms with E-state index in [0.717, 1.165) is 38.9 Å². The molecule has 0 radical (unpaired) electrons. The first kappa shape index (κ1) is 16.3. The van der Waals surface area contributed by atoms with E-state index in [4.69, 9.17) is 4.74 Å². The van der Waals surface area contributed by atoms with Crippen LogP contribution in [0.3, 0.4) is 0 Å². The molecule has 1 aliphatic heterocycles. The first-order valence-corrected chi connectivity index (χ1v) is 8.95. The molecule has 1 saturated heterocycles. The number of rotatable bonds is 5. The summed E-state index contributed by atoms with van der Waals surface area (Å²) in [6.45, 7) is 3.23. The number of phenols is 1. The molecule has 1 N–H and O–H groups in total. The second-order valence-electron chi connectivity index (χ2n) is 7.20. The van der Waals surface area contributed by atoms with Gasteiger partial charge in [-0.25, -0.2) is 4.98 Å². The van der Waals surface area contributed by atoms with Crippen LogP contribution < -0.4 is 4.74 Å². The fourth-order valence-corrected chi connectivity index (χ4v) is 4.21. The van der Waals surface area contributed by atoms with Crippen molar-refractivity contribution in [2.75, 3.05) is 19.6 Å². The van der Waals surface area contributed by atoms with Gasteiger partial charge in [-0.1, -0.05) is 12.1 Å². The van der Waals surface area contributed by atoms with Gasteiger partial charge in [0.25, 0.3) is 5.95 Å². The Labute approximate surface area is 147 Å². The lowest BCUT2D eigenvalue weighted by Gasteiger charge is -2.19. The van der Waals surface area contributed by atoms with Gasteiger partial charge in [-0.05, 0) is 60.9 Å². The summed E-state index contributed by atoms with van der Waals surface area (Å²) in [6.07, 6.45) is 4.54. The molecule has 2 aromatic rings. The Morgan fingerprint density at radius 3 is 2.52 bits per heavy atom. The highest BCUT2D eigenvalue weighted by molar-refractivity contribution is 5.26. The third kappa shape index (κ3) is 3.76. The molecule has 0 amide bonds. The molecule has 1 saturated carbocycles. The molecular weight excluding hydrogens is 319 g/mol. The van der Waals surface area contributed by atoms with Crippen LogP contribution in [0.5, 0.6) is 11.5 Å². The zero-order valence-electron chi connectivity index (χ0n) is 14.1. The largest absolute Gasteiger partial charge is 0.508 e. The van der Waals surface area contributed by atoms with Crippen LogP contribution in [-0.4, -0.2) is 40.7 Å². The topological polar surface area (TPSA) is 45.6 Å². The average Bonchev–Trinajstić information content (AvgIpc) is 3.14. The van der Waals surface area contributed by atoms with Gasteiger partial charge in [0.2, 0.25) is 0 Å². The Morgan fingerprint density at radius 1 is 1.12 bits per heavy atom. The van der Waals surface area contributed by atoms with E-state index >= 15 is 0 Å². The lowest BCUT2D eigenvalue weighted by molar-refractivity contribution is 0.177. The van der Waals surface area contributed by atoms with Gasteiger partial charge >= 0.3 is 0 Å². The molecule has 0 spiro atoms. The molecule has 5 heteroatoms. The molecule has 132 valence electrons. The van der Waals surface area contributed by atoms with Gasteiger partial charge < -0.3 is 14.7 Å². The molecule has 1 aliphatic carbocycles. The monoisotopic (exact) mass is 342 g/mol. The summed E-state index contributed by atoms with van der Waals surface area (Å²) in [7, 11) is 0. The van der Waals surface area contributed by atoms with Crippen molar-refractivity contribution in [1.29, 1.82) is 0 Å². The van der Waals surface area contributed by atoms with Crippen LogP contribution >= 0.6 is 0 Å². The zero-order valence-corrected chi connectivity index (χ0v) is 14.1. The minimum Gasteiger partial charge on any atom is -0.508 e. The SMILES string of the molecule is Oc1ccc(CCN2C[C@H]3C[C@H](Oc4cccnc4F)C[C@H]3C2)cc1. The Bertz CT molecular complexity index is 708. The number of aromatic nitrogens is 1. The van der Waals surface area contributed by atoms with E-state index in [9.17, 15) is 9.50 Å². The molecule has 0 bridgehead atoms. The lowest BCUT2D eigenvalue weighted by Crippen LogP contribution is -2.26. The van der Waals surface area contributed by atoms with E-state index in [0.29, 0.717) is 17.6 Å². The second kappa shape index (κ2) is 7.00. The van der Waals surface area contributed by atoms with E-state index in [1.165, 1.54) is 11.8 Å². The van der Waals surface area contributed by atoms with Gasteiger partial charge in [-0.2, -0.15) is 4.39 Å². The lowest BCUT2D eigenvalue weighted by atomic mass is 10.0. The third-order valence-corrected chi connectivity index (χ3v) is 5.45. The number of fused-ring (bicyclic) bond motifs is 1. The molecule has 2 heterocycles. The van der Waals surface area contributed by atoms with Crippen molar-refractivity contribution in [3.05, 3.63) is 54.1 Å². The number of hydrogen-bond donors (Lipinski definition) is 1. The number of phenolic OH excluding ortho intramolecular Hbond substituents is 1. The van der Waals surface area contributed by atoms with Crippen molar-refractivity contribution in [3.63, 3.8) is 0 Å². The van der Waals surface area contributed by atoms with Crippen LogP contribution in [0.1, 0.15) is 18.4 Å². The van der Waals surface area contributed by atoms with Crippen molar-refractivity contribution >= 4 is 0 Å². The number of benzene rings is 1. The molecule has 3 atom stereocenters. The highest BCUT2D eigenvalue weighted by Crippen LogP contribution is 2.39. The summed E-state index contributed by atoms with van der Waals surface area (Å²) in [5.74, 6) is 1.36. The first-order chi connectivity index (χ1) is 12.2. The number of hydrogen-bond acceptors (Lipinski definition) is 4. The zero-order chi connectivity index (χ0) is 17.2. The second-order valence-corrected chi connectivity index (χ2v) is 7.20. The van der Waals surface area contributed by atoms with E-state index in [2.05, 4.69) is 9.88 Å². The number of aromatic hydroxyl groups is 1. The Morgan fingerprint density at radius 2 is 1.84 bits per heavy atom. The Kier molecular flexibility index (Phi) is 4.57. The van der Waals surface area contributed by atoms with E-state index in [1.54, 1.807) is 24.3 Å². The minimum absolute atomic E-state index is 0.105. The van der Waals surface area contributed by atoms with Crippen molar-refractivity contribution in [2.24, 2.45) is 11.8 Å². The molecule has 1 aromatic heterocycles. The maximum Gasteiger partial charge on any atom is 0.255 e. The van der Waals surface area contributed by atoms with Gasteiger partial charge in [-0.15, -0.1) is 0 Å². The smallest absolute Gasteiger partial charge is 0.255 e. The number of halogens is 1. The van der Waals surface area contributed by atoms with Gasteiger partial charge in [0.15, 0.2) is 5.75 Å². The summed E-state index contributed by atoms with van der Waals surface area (Å²) in [6, 6.07) is 10.8. The summed E-state index contributed by atoms with van der Waals surface area (Å²) in [5, 5.41) is 9.34. The molecule has 2 aliphatic rings. The molecular formula is C20H23FN2O2. The number of likely N-dealkylation sites (tertiary alicyclic amines) is 1. The van der Waals surface area contributed by atoms with Crippen molar-refractivity contribution in [1.82, 2.24) is 9.88 Å². The van der Waals surface area contributed by atoms with E-state index in [1.807, 2.05) is 12.1 Å². The van der Waals surface area contributed by atoms with Crippen LogP contribution in [-0.2, 0) is 6.42 Å². The predicted molar refractivity (Wildman–Crippen MR) is 93.1 cm³/mol. The minimum atomic E-state index is -0.518. The highest BCUT2D eigenvalue weighted by Gasteiger charge is 2.41. The number of ether oxygens (including phenoxy) is 1. The molecule has 0 unspecified atom stereocenters. The van der Waals surface area contributed by atoms with Gasteiger partial charge in [0, 0.05) is 25.8 Å². The summed E-state index contributed by atoms with van der Waals surface area (Å²) in [5.41, 5.74) is 1.25. The van der Waals surface area contributed by atoms with Crippen LogP contribution in [0.25, 0.3) is 0 Å². The normalized spacial score (nSPS) is 25.9. The van der Waals surface area contributed by atoms with Crippen molar-refractivity contribution in [2.45, 2.75) is 25.4 Å². The summed E-state index contributed by atoms with van der Waals surface area (Å²) >= 11 is 0. The van der Waals surface area contributed by atoms with Crippen molar-refractivity contribution < 1.29 is 14.2 Å². The summed E-state index contributed by atoms with van der Waals surface area (Å²) in [4.78, 5) is 6.17. The molecule has 2 fully saturated rings. The maximum absolute atomic E-state index is 13.6. The van der Waals surface area contributed by atoms with E-state index < -0.39 is 5.95 Å². The number of nitrogens with zero attached hydrogens (tertiary/aromatic N) is 2. The van der Waals surface area contributed by atoms with Crippen LogP contribution in [0, 0.1) is 17.8 Å². The average molecular weight is 342 g/mol. The Balaban J connectivity index is 1.26. The van der Waals surface area contributed by atoms with Gasteiger partial charge in [0.05, 0.1) is 6.10 Å². The van der Waals surface area contributed by atoms with Crippen LogP contribution in [0.15, 0.2) is 42.6 Å². The number of pyridine rings is 1. The van der Waals surface area contributed by atoms with Gasteiger partial charge in [-0.3, -0.25) is 0 Å². The van der Waals surface area contributed by atoms with Crippen LogP contribution in [0.2, 0.25) is 0 Å². The maximum atomic E-state index is 13.6. The first-order valence-electron chi connectivity index (χ1n) is 8.95. The van der Waals surface area contributed by atoms with Crippen molar-refractivity contribution in [3.8, 4) is 11.5 Å². The molecule has 1 aromatic carbocycles. The Hall–Kier alpha value is -2.14. The predicted octanol–water partition coefficient (Wildman–Crippen LogP) is 3.26. The highest BCUT2D eigenvalue weighted by atomic mass is 19.1. The third-order valence-electron chi connectivity index (χ3n) is 5.45. The quantitative estimate of drug-likeness (QED) is 0.847. The molecule has 25 heavy (non-hydrogen) atoms. The van der Waals surface area contributed by atoms with Gasteiger partial charge in [0.1, 0.15) is 5.75 Å². The molecule has 4 nitrogen and oxygen atoms in total.